The van der Waals surface area contributed by atoms with Gasteiger partial charge in [0.05, 0.1) is 12.6 Å². The van der Waals surface area contributed by atoms with E-state index in [0.717, 1.165) is 38.4 Å². The Kier molecular flexibility index (Phi) is 8.67. The molecule has 1 fully saturated rings. The van der Waals surface area contributed by atoms with E-state index in [-0.39, 0.29) is 17.7 Å². The molecule has 7 heteroatoms. The van der Waals surface area contributed by atoms with E-state index in [9.17, 15) is 9.50 Å². The molecule has 168 valence electrons. The molecule has 0 spiro atoms. The first-order valence-corrected chi connectivity index (χ1v) is 10.8. The van der Waals surface area contributed by atoms with Crippen molar-refractivity contribution in [2.45, 2.75) is 32.0 Å². The molecule has 2 N–H and O–H groups in total. The van der Waals surface area contributed by atoms with Crippen molar-refractivity contribution >= 4 is 5.96 Å². The number of para-hydroxylation sites is 1. The van der Waals surface area contributed by atoms with Crippen LogP contribution in [0.3, 0.4) is 0 Å². The molecule has 1 aliphatic heterocycles. The van der Waals surface area contributed by atoms with Crippen LogP contribution in [0.2, 0.25) is 0 Å². The van der Waals surface area contributed by atoms with Crippen molar-refractivity contribution in [1.29, 1.82) is 0 Å². The summed E-state index contributed by atoms with van der Waals surface area (Å²) in [5, 5.41) is 13.0. The first kappa shape index (κ1) is 23.0. The van der Waals surface area contributed by atoms with E-state index >= 15 is 0 Å². The van der Waals surface area contributed by atoms with E-state index in [4.69, 9.17) is 4.74 Å². The highest BCUT2D eigenvalue weighted by Crippen LogP contribution is 2.15. The minimum Gasteiger partial charge on any atom is -0.489 e. The molecule has 31 heavy (non-hydrogen) atoms. The molecule has 1 aliphatic rings. The Balaban J connectivity index is 1.41. The van der Waals surface area contributed by atoms with Crippen LogP contribution in [-0.2, 0) is 13.1 Å². The van der Waals surface area contributed by atoms with Crippen molar-refractivity contribution in [3.63, 3.8) is 0 Å². The monoisotopic (exact) mass is 428 g/mol. The van der Waals surface area contributed by atoms with Gasteiger partial charge in [0.15, 0.2) is 17.5 Å². The fourth-order valence-electron chi connectivity index (χ4n) is 3.62. The van der Waals surface area contributed by atoms with Crippen LogP contribution in [0.5, 0.6) is 5.75 Å². The molecule has 0 saturated carbocycles. The second kappa shape index (κ2) is 11.7. The van der Waals surface area contributed by atoms with E-state index in [1.54, 1.807) is 25.2 Å². The fourth-order valence-corrected chi connectivity index (χ4v) is 3.62. The zero-order chi connectivity index (χ0) is 22.1. The van der Waals surface area contributed by atoms with Crippen molar-refractivity contribution in [3.8, 4) is 5.75 Å². The summed E-state index contributed by atoms with van der Waals surface area (Å²) in [7, 11) is 3.67. The number of aliphatic imine (C=N–C) groups is 1. The van der Waals surface area contributed by atoms with Gasteiger partial charge in [0.25, 0.3) is 0 Å². The molecule has 2 aromatic rings. The lowest BCUT2D eigenvalue weighted by Gasteiger charge is -2.29. The van der Waals surface area contributed by atoms with Gasteiger partial charge in [0.2, 0.25) is 0 Å². The highest BCUT2D eigenvalue weighted by molar-refractivity contribution is 5.79. The number of ether oxygens (including phenoxy) is 1. The van der Waals surface area contributed by atoms with Gasteiger partial charge in [-0.15, -0.1) is 0 Å². The summed E-state index contributed by atoms with van der Waals surface area (Å²) in [6.07, 6.45) is 1.59. The third-order valence-electron chi connectivity index (χ3n) is 5.53. The number of halogens is 1. The van der Waals surface area contributed by atoms with Gasteiger partial charge in [-0.1, -0.05) is 36.4 Å². The Morgan fingerprint density at radius 3 is 2.52 bits per heavy atom. The first-order chi connectivity index (χ1) is 15.0. The molecule has 1 heterocycles. The van der Waals surface area contributed by atoms with Crippen LogP contribution in [0.4, 0.5) is 4.39 Å². The molecule has 0 unspecified atom stereocenters. The van der Waals surface area contributed by atoms with Crippen LogP contribution in [-0.4, -0.2) is 67.3 Å². The van der Waals surface area contributed by atoms with Gasteiger partial charge in [-0.3, -0.25) is 9.89 Å². The SMILES string of the molecule is CN=C(NCc1ccc(CN2CCC(O)CC2)cc1)N(C)CCOc1ccccc1F. The molecule has 0 bridgehead atoms. The molecular formula is C24H33FN4O2. The van der Waals surface area contributed by atoms with E-state index in [0.29, 0.717) is 19.7 Å². The van der Waals surface area contributed by atoms with E-state index in [1.807, 2.05) is 11.9 Å². The number of guanidine groups is 1. The highest BCUT2D eigenvalue weighted by atomic mass is 19.1. The number of piperidine rings is 1. The van der Waals surface area contributed by atoms with Crippen molar-refractivity contribution < 1.29 is 14.2 Å². The van der Waals surface area contributed by atoms with Gasteiger partial charge in [-0.2, -0.15) is 0 Å². The highest BCUT2D eigenvalue weighted by Gasteiger charge is 2.16. The molecule has 3 rings (SSSR count). The Bertz CT molecular complexity index is 836. The maximum absolute atomic E-state index is 13.6. The van der Waals surface area contributed by atoms with Crippen molar-refractivity contribution in [3.05, 3.63) is 65.5 Å². The average Bonchev–Trinajstić information content (AvgIpc) is 2.78. The maximum atomic E-state index is 13.6. The van der Waals surface area contributed by atoms with Gasteiger partial charge in [-0.25, -0.2) is 4.39 Å². The van der Waals surface area contributed by atoms with Crippen LogP contribution >= 0.6 is 0 Å². The van der Waals surface area contributed by atoms with E-state index in [1.165, 1.54) is 17.2 Å². The van der Waals surface area contributed by atoms with Gasteiger partial charge < -0.3 is 20.1 Å². The van der Waals surface area contributed by atoms with Gasteiger partial charge >= 0.3 is 0 Å². The predicted molar refractivity (Wildman–Crippen MR) is 122 cm³/mol. The molecular weight excluding hydrogens is 395 g/mol. The zero-order valence-corrected chi connectivity index (χ0v) is 18.4. The third kappa shape index (κ3) is 7.22. The summed E-state index contributed by atoms with van der Waals surface area (Å²) in [6.45, 7) is 4.44. The van der Waals surface area contributed by atoms with Crippen LogP contribution in [0, 0.1) is 5.82 Å². The van der Waals surface area contributed by atoms with Gasteiger partial charge in [0, 0.05) is 40.3 Å². The topological polar surface area (TPSA) is 60.3 Å². The summed E-state index contributed by atoms with van der Waals surface area (Å²) in [4.78, 5) is 8.67. The van der Waals surface area contributed by atoms with Crippen molar-refractivity contribution in [2.75, 3.05) is 40.3 Å². The van der Waals surface area contributed by atoms with Gasteiger partial charge in [-0.05, 0) is 36.1 Å². The van der Waals surface area contributed by atoms with Crippen molar-refractivity contribution in [1.82, 2.24) is 15.1 Å². The van der Waals surface area contributed by atoms with Crippen LogP contribution in [0.15, 0.2) is 53.5 Å². The van der Waals surface area contributed by atoms with Gasteiger partial charge in [0.1, 0.15) is 6.61 Å². The molecule has 2 aromatic carbocycles. The molecule has 0 aliphatic carbocycles. The standard InChI is InChI=1S/C24H33FN4O2/c1-26-24(28(2)15-16-31-23-6-4-3-5-22(23)25)27-17-19-7-9-20(10-8-19)18-29-13-11-21(30)12-14-29/h3-10,21,30H,11-18H2,1-2H3,(H,26,27). The molecule has 0 amide bonds. The predicted octanol–water partition coefficient (Wildman–Crippen LogP) is 2.87. The minimum absolute atomic E-state index is 0.136. The second-order valence-corrected chi connectivity index (χ2v) is 7.93. The maximum Gasteiger partial charge on any atom is 0.193 e. The number of hydrogen-bond donors (Lipinski definition) is 2. The Hall–Kier alpha value is -2.64. The lowest BCUT2D eigenvalue weighted by molar-refractivity contribution is 0.0792. The minimum atomic E-state index is -0.353. The summed E-state index contributed by atoms with van der Waals surface area (Å²) >= 11 is 0. The lowest BCUT2D eigenvalue weighted by Crippen LogP contribution is -2.40. The first-order valence-electron chi connectivity index (χ1n) is 10.8. The Labute approximate surface area is 184 Å². The van der Waals surface area contributed by atoms with Crippen LogP contribution in [0.25, 0.3) is 0 Å². The van der Waals surface area contributed by atoms with Crippen LogP contribution in [0.1, 0.15) is 24.0 Å². The molecule has 0 aromatic heterocycles. The smallest absolute Gasteiger partial charge is 0.193 e. The lowest BCUT2D eigenvalue weighted by atomic mass is 10.1. The fraction of sp³-hybridized carbons (Fsp3) is 0.458. The average molecular weight is 429 g/mol. The number of aliphatic hydroxyl groups is 1. The molecule has 1 saturated heterocycles. The number of likely N-dealkylation sites (tertiary alicyclic amines) is 1. The number of nitrogens with one attached hydrogen (secondary N) is 1. The summed E-state index contributed by atoms with van der Waals surface area (Å²) in [5.41, 5.74) is 2.46. The van der Waals surface area contributed by atoms with E-state index < -0.39 is 0 Å². The largest absolute Gasteiger partial charge is 0.489 e. The molecule has 6 nitrogen and oxygen atoms in total. The van der Waals surface area contributed by atoms with Crippen LogP contribution < -0.4 is 10.1 Å². The number of aliphatic hydroxyl groups excluding tert-OH is 1. The van der Waals surface area contributed by atoms with E-state index in [2.05, 4.69) is 39.5 Å². The number of likely N-dealkylation sites (N-methyl/N-ethyl adjacent to an activating group) is 1. The Morgan fingerprint density at radius 1 is 1.16 bits per heavy atom. The zero-order valence-electron chi connectivity index (χ0n) is 18.4. The van der Waals surface area contributed by atoms with Crippen molar-refractivity contribution in [2.24, 2.45) is 4.99 Å². The number of nitrogens with zero attached hydrogens (tertiary/aromatic N) is 3. The Morgan fingerprint density at radius 2 is 1.84 bits per heavy atom. The quantitative estimate of drug-likeness (QED) is 0.500. The third-order valence-corrected chi connectivity index (χ3v) is 5.53. The molecule has 0 atom stereocenters. The number of benzene rings is 2. The summed E-state index contributed by atoms with van der Waals surface area (Å²) in [5.74, 6) is 0.668. The summed E-state index contributed by atoms with van der Waals surface area (Å²) in [6, 6.07) is 15.0. The second-order valence-electron chi connectivity index (χ2n) is 7.93. The number of rotatable bonds is 8. The number of hydrogen-bond acceptors (Lipinski definition) is 4. The normalized spacial score (nSPS) is 15.7. The summed E-state index contributed by atoms with van der Waals surface area (Å²) < 4.78 is 19.2. The molecule has 0 radical (unpaired) electrons.